The van der Waals surface area contributed by atoms with Gasteiger partial charge in [-0.05, 0) is 55.9 Å². The lowest BCUT2D eigenvalue weighted by atomic mass is 9.68. The van der Waals surface area contributed by atoms with Crippen LogP contribution in [0.25, 0.3) is 0 Å². The van der Waals surface area contributed by atoms with E-state index in [2.05, 4.69) is 22.1 Å². The molecule has 2 aliphatic rings. The summed E-state index contributed by atoms with van der Waals surface area (Å²) in [5.74, 6) is 2.70. The Labute approximate surface area is 168 Å². The maximum atomic E-state index is 5.95. The van der Waals surface area contributed by atoms with Gasteiger partial charge in [0.25, 0.3) is 0 Å². The van der Waals surface area contributed by atoms with Crippen molar-refractivity contribution in [3.8, 4) is 11.5 Å². The lowest BCUT2D eigenvalue weighted by Crippen LogP contribution is -2.45. The molecule has 2 fully saturated rings. The summed E-state index contributed by atoms with van der Waals surface area (Å²) in [6, 6.07) is 7.70. The first-order valence-corrected chi connectivity index (χ1v) is 8.90. The first kappa shape index (κ1) is 20.1. The van der Waals surface area contributed by atoms with E-state index in [-0.39, 0.29) is 30.1 Å². The van der Waals surface area contributed by atoms with Crippen molar-refractivity contribution in [3.63, 3.8) is 0 Å². The molecule has 1 atom stereocenters. The van der Waals surface area contributed by atoms with Crippen molar-refractivity contribution in [2.45, 2.75) is 38.7 Å². The number of nitrogens with one attached hydrogen (secondary N) is 1. The number of likely N-dealkylation sites (tertiary alicyclic amines) is 1. The van der Waals surface area contributed by atoms with E-state index < -0.39 is 0 Å². The molecule has 1 saturated heterocycles. The minimum atomic E-state index is 0. The Bertz CT molecular complexity index is 573. The van der Waals surface area contributed by atoms with E-state index in [0.717, 1.165) is 37.1 Å². The Kier molecular flexibility index (Phi) is 7.22. The molecular weight excluding hydrogens is 429 g/mol. The Morgan fingerprint density at radius 2 is 1.92 bits per heavy atom. The molecule has 1 aromatic carbocycles. The minimum absolute atomic E-state index is 0. The summed E-state index contributed by atoms with van der Waals surface area (Å²) in [5.41, 5.74) is 0.586. The highest BCUT2D eigenvalue weighted by atomic mass is 127. The van der Waals surface area contributed by atoms with Gasteiger partial charge >= 0.3 is 0 Å². The topological polar surface area (TPSA) is 46.1 Å². The molecule has 1 aliphatic heterocycles. The van der Waals surface area contributed by atoms with Gasteiger partial charge in [0.2, 0.25) is 0 Å². The summed E-state index contributed by atoms with van der Waals surface area (Å²) >= 11 is 0. The van der Waals surface area contributed by atoms with Crippen LogP contribution in [-0.4, -0.2) is 50.8 Å². The number of aliphatic imine (C=N–C) groups is 1. The average Bonchev–Trinajstić information content (AvgIpc) is 3.02. The van der Waals surface area contributed by atoms with Gasteiger partial charge in [-0.25, -0.2) is 0 Å². The fourth-order valence-corrected chi connectivity index (χ4v) is 3.70. The molecule has 0 bridgehead atoms. The fourth-order valence-electron chi connectivity index (χ4n) is 3.70. The largest absolute Gasteiger partial charge is 0.497 e. The molecule has 1 spiro atoms. The monoisotopic (exact) mass is 459 g/mol. The summed E-state index contributed by atoms with van der Waals surface area (Å²) in [5, 5.41) is 3.47. The zero-order valence-electron chi connectivity index (χ0n) is 15.5. The van der Waals surface area contributed by atoms with Crippen molar-refractivity contribution in [2.24, 2.45) is 10.4 Å². The van der Waals surface area contributed by atoms with Gasteiger partial charge in [0, 0.05) is 20.1 Å². The maximum absolute atomic E-state index is 5.95. The highest BCUT2D eigenvalue weighted by molar-refractivity contribution is 14.0. The molecule has 3 rings (SSSR count). The predicted octanol–water partition coefficient (Wildman–Crippen LogP) is 3.53. The Morgan fingerprint density at radius 3 is 2.44 bits per heavy atom. The van der Waals surface area contributed by atoms with Gasteiger partial charge in [-0.15, -0.1) is 24.0 Å². The molecule has 25 heavy (non-hydrogen) atoms. The quantitative estimate of drug-likeness (QED) is 0.416. The number of guanidine groups is 1. The third kappa shape index (κ3) is 4.92. The minimum Gasteiger partial charge on any atom is -0.497 e. The normalized spacial score (nSPS) is 19.8. The van der Waals surface area contributed by atoms with Gasteiger partial charge in [-0.3, -0.25) is 4.99 Å². The average molecular weight is 459 g/mol. The van der Waals surface area contributed by atoms with Gasteiger partial charge < -0.3 is 19.7 Å². The number of benzene rings is 1. The molecule has 1 unspecified atom stereocenters. The molecule has 0 amide bonds. The first-order chi connectivity index (χ1) is 11.6. The van der Waals surface area contributed by atoms with Crippen LogP contribution in [0.4, 0.5) is 0 Å². The van der Waals surface area contributed by atoms with E-state index in [1.54, 1.807) is 7.11 Å². The Balaban J connectivity index is 0.00000225. The van der Waals surface area contributed by atoms with Gasteiger partial charge in [0.15, 0.2) is 5.96 Å². The Hall–Kier alpha value is -1.18. The van der Waals surface area contributed by atoms with Crippen LogP contribution in [-0.2, 0) is 0 Å². The van der Waals surface area contributed by atoms with Crippen LogP contribution in [0, 0.1) is 5.41 Å². The van der Waals surface area contributed by atoms with Crippen LogP contribution in [0.5, 0.6) is 11.5 Å². The van der Waals surface area contributed by atoms with E-state index >= 15 is 0 Å². The molecule has 0 aromatic heterocycles. The molecule has 6 heteroatoms. The maximum Gasteiger partial charge on any atom is 0.193 e. The second-order valence-electron chi connectivity index (χ2n) is 7.06. The van der Waals surface area contributed by atoms with Crippen LogP contribution in [0.2, 0.25) is 0 Å². The third-order valence-corrected chi connectivity index (χ3v) is 5.31. The summed E-state index contributed by atoms with van der Waals surface area (Å²) in [4.78, 5) is 6.86. The van der Waals surface area contributed by atoms with Crippen molar-refractivity contribution < 1.29 is 9.47 Å². The van der Waals surface area contributed by atoms with Crippen LogP contribution < -0.4 is 14.8 Å². The molecular formula is C19H30IN3O2. The van der Waals surface area contributed by atoms with Gasteiger partial charge in [-0.2, -0.15) is 0 Å². The number of methoxy groups -OCH3 is 1. The highest BCUT2D eigenvalue weighted by Gasteiger charge is 2.43. The number of hydrogen-bond acceptors (Lipinski definition) is 3. The van der Waals surface area contributed by atoms with Crippen molar-refractivity contribution in [3.05, 3.63) is 24.3 Å². The second kappa shape index (κ2) is 8.96. The predicted molar refractivity (Wildman–Crippen MR) is 112 cm³/mol. The van der Waals surface area contributed by atoms with E-state index in [0.29, 0.717) is 5.41 Å². The zero-order valence-corrected chi connectivity index (χ0v) is 17.8. The van der Waals surface area contributed by atoms with Gasteiger partial charge in [0.05, 0.1) is 13.7 Å². The SMILES string of the molecule is CN=C(NCC(C)Oc1ccc(OC)cc1)N1CCC2(CCC2)C1.I. The van der Waals surface area contributed by atoms with Crippen molar-refractivity contribution in [1.29, 1.82) is 0 Å². The van der Waals surface area contributed by atoms with Gasteiger partial charge in [-0.1, -0.05) is 6.42 Å². The third-order valence-electron chi connectivity index (χ3n) is 5.31. The van der Waals surface area contributed by atoms with Crippen molar-refractivity contribution in [2.75, 3.05) is 33.8 Å². The van der Waals surface area contributed by atoms with Gasteiger partial charge in [0.1, 0.15) is 17.6 Å². The Morgan fingerprint density at radius 1 is 1.24 bits per heavy atom. The summed E-state index contributed by atoms with van der Waals surface area (Å²) in [6.45, 7) is 5.08. The lowest BCUT2D eigenvalue weighted by Gasteiger charge is -2.38. The summed E-state index contributed by atoms with van der Waals surface area (Å²) < 4.78 is 11.1. The van der Waals surface area contributed by atoms with Crippen LogP contribution in [0.15, 0.2) is 29.3 Å². The van der Waals surface area contributed by atoms with Crippen LogP contribution >= 0.6 is 24.0 Å². The van der Waals surface area contributed by atoms with E-state index in [1.807, 2.05) is 31.3 Å². The number of ether oxygens (including phenoxy) is 2. The smallest absolute Gasteiger partial charge is 0.193 e. The number of rotatable bonds is 5. The lowest BCUT2D eigenvalue weighted by molar-refractivity contribution is 0.151. The molecule has 5 nitrogen and oxygen atoms in total. The summed E-state index contributed by atoms with van der Waals surface area (Å²) in [7, 11) is 3.53. The first-order valence-electron chi connectivity index (χ1n) is 8.90. The van der Waals surface area contributed by atoms with Crippen LogP contribution in [0.1, 0.15) is 32.6 Å². The van der Waals surface area contributed by atoms with E-state index in [1.165, 1.54) is 25.7 Å². The van der Waals surface area contributed by atoms with E-state index in [4.69, 9.17) is 9.47 Å². The molecule has 1 N–H and O–H groups in total. The summed E-state index contributed by atoms with van der Waals surface area (Å²) in [6.07, 6.45) is 5.54. The molecule has 140 valence electrons. The molecule has 0 radical (unpaired) electrons. The molecule has 1 aromatic rings. The fraction of sp³-hybridized carbons (Fsp3) is 0.632. The molecule has 1 aliphatic carbocycles. The van der Waals surface area contributed by atoms with E-state index in [9.17, 15) is 0 Å². The van der Waals surface area contributed by atoms with Crippen LogP contribution in [0.3, 0.4) is 0 Å². The standard InChI is InChI=1S/C19H29N3O2.HI/c1-15(24-17-7-5-16(23-3)6-8-17)13-21-18(20-2)22-12-11-19(14-22)9-4-10-19;/h5-8,15H,4,9-14H2,1-3H3,(H,20,21);1H. The highest BCUT2D eigenvalue weighted by Crippen LogP contribution is 2.47. The van der Waals surface area contributed by atoms with Crippen molar-refractivity contribution in [1.82, 2.24) is 10.2 Å². The number of nitrogens with zero attached hydrogens (tertiary/aromatic N) is 2. The van der Waals surface area contributed by atoms with Crippen molar-refractivity contribution >= 4 is 29.9 Å². The molecule has 1 heterocycles. The number of halogens is 1. The molecule has 1 saturated carbocycles. The second-order valence-corrected chi connectivity index (χ2v) is 7.06. The zero-order chi connectivity index (χ0) is 17.0. The number of hydrogen-bond donors (Lipinski definition) is 1.